The number of nitrogens with two attached hydrogens (primary N) is 1. The van der Waals surface area contributed by atoms with Gasteiger partial charge in [0.25, 0.3) is 0 Å². The molecule has 4 rings (SSSR count). The molecule has 2 fully saturated rings. The van der Waals surface area contributed by atoms with Gasteiger partial charge < -0.3 is 29.5 Å². The summed E-state index contributed by atoms with van der Waals surface area (Å²) in [7, 11) is 0. The minimum atomic E-state index is -0.516. The van der Waals surface area contributed by atoms with Crippen molar-refractivity contribution in [2.45, 2.75) is 58.3 Å². The minimum absolute atomic E-state index is 0.0856. The summed E-state index contributed by atoms with van der Waals surface area (Å²) in [5.41, 5.74) is 2.99. The smallest absolute Gasteiger partial charge is 0.410 e. The highest BCUT2D eigenvalue weighted by Gasteiger charge is 2.30. The third-order valence-electron chi connectivity index (χ3n) is 6.42. The van der Waals surface area contributed by atoms with Gasteiger partial charge in [-0.1, -0.05) is 12.1 Å². The highest BCUT2D eigenvalue weighted by molar-refractivity contribution is 5.91. The topological polar surface area (TPSA) is 106 Å². The number of benzene rings is 2. The first-order chi connectivity index (χ1) is 17.2. The number of hydrogen-bond acceptors (Lipinski definition) is 6. The maximum atomic E-state index is 12.4. The van der Waals surface area contributed by atoms with Gasteiger partial charge in [-0.3, -0.25) is 5.41 Å². The van der Waals surface area contributed by atoms with Crippen LogP contribution >= 0.6 is 0 Å². The van der Waals surface area contributed by atoms with E-state index in [1.165, 1.54) is 0 Å². The molecule has 2 heterocycles. The fourth-order valence-electron chi connectivity index (χ4n) is 4.55. The second-order valence-electron chi connectivity index (χ2n) is 10.5. The molecule has 0 aromatic heterocycles. The molecule has 0 saturated carbocycles. The Bertz CT molecular complexity index is 1060. The molecule has 1 unspecified atom stereocenters. The van der Waals surface area contributed by atoms with Gasteiger partial charge in [-0.15, -0.1) is 0 Å². The van der Waals surface area contributed by atoms with Gasteiger partial charge in [-0.05, 0) is 81.8 Å². The Hall–Kier alpha value is -3.26. The molecule has 2 aliphatic heterocycles. The number of carbonyl (C=O) groups is 1. The number of phenolic OH excluding ortho intramolecular Hbond substituents is 1. The van der Waals surface area contributed by atoms with Crippen molar-refractivity contribution >= 4 is 18.0 Å². The number of amides is 1. The van der Waals surface area contributed by atoms with Gasteiger partial charge in [0.1, 0.15) is 28.9 Å². The van der Waals surface area contributed by atoms with Crippen LogP contribution in [0.25, 0.3) is 11.1 Å². The molecule has 2 aromatic carbocycles. The van der Waals surface area contributed by atoms with Crippen molar-refractivity contribution in [1.82, 2.24) is 4.90 Å². The molecule has 2 saturated heterocycles. The van der Waals surface area contributed by atoms with Crippen molar-refractivity contribution in [1.29, 1.82) is 0 Å². The number of nitrogens with zero attached hydrogens (tertiary/aromatic N) is 1. The first kappa shape index (κ1) is 25.8. The average molecular weight is 497 g/mol. The lowest BCUT2D eigenvalue weighted by Gasteiger charge is -2.26. The number of anilines is 1. The van der Waals surface area contributed by atoms with Crippen LogP contribution < -0.4 is 15.5 Å². The zero-order valence-electron chi connectivity index (χ0n) is 21.5. The Morgan fingerprint density at radius 3 is 2.64 bits per heavy atom. The molecule has 194 valence electrons. The van der Waals surface area contributed by atoms with E-state index < -0.39 is 5.60 Å². The first-order valence-electron chi connectivity index (χ1n) is 12.7. The van der Waals surface area contributed by atoms with Crippen LogP contribution in [0.2, 0.25) is 0 Å². The van der Waals surface area contributed by atoms with E-state index in [1.807, 2.05) is 45.0 Å². The molecule has 2 atom stereocenters. The number of likely N-dealkylation sites (tertiary alicyclic amines) is 1. The summed E-state index contributed by atoms with van der Waals surface area (Å²) >= 11 is 0. The van der Waals surface area contributed by atoms with E-state index in [0.717, 1.165) is 54.7 Å². The van der Waals surface area contributed by atoms with Gasteiger partial charge in [0.05, 0.1) is 12.3 Å². The van der Waals surface area contributed by atoms with E-state index >= 15 is 0 Å². The van der Waals surface area contributed by atoms with Gasteiger partial charge in [-0.2, -0.15) is 0 Å². The molecule has 36 heavy (non-hydrogen) atoms. The SMILES string of the molecule is CC(C)(C)OC(=O)N1CC[C@H](COc2cc(-c3ccc(O)cc3)cc(NC3CCCCO3)c2C=[NH2+])C1. The van der Waals surface area contributed by atoms with Crippen LogP contribution in [-0.2, 0) is 9.47 Å². The van der Waals surface area contributed by atoms with Gasteiger partial charge in [0.2, 0.25) is 0 Å². The third-order valence-corrected chi connectivity index (χ3v) is 6.42. The Balaban J connectivity index is 1.53. The van der Waals surface area contributed by atoms with Crippen molar-refractivity contribution in [2.75, 3.05) is 31.6 Å². The normalized spacial score (nSPS) is 20.1. The third kappa shape index (κ3) is 6.69. The van der Waals surface area contributed by atoms with Crippen LogP contribution in [0, 0.1) is 5.92 Å². The highest BCUT2D eigenvalue weighted by atomic mass is 16.6. The molecule has 1 amide bonds. The Morgan fingerprint density at radius 1 is 1.19 bits per heavy atom. The zero-order valence-corrected chi connectivity index (χ0v) is 21.5. The first-order valence-corrected chi connectivity index (χ1v) is 12.7. The van der Waals surface area contributed by atoms with E-state index in [0.29, 0.717) is 25.4 Å². The summed E-state index contributed by atoms with van der Waals surface area (Å²) in [6, 6.07) is 11.1. The molecular weight excluding hydrogens is 458 g/mol. The molecular formula is C28H38N3O5+. The molecule has 0 radical (unpaired) electrons. The lowest BCUT2D eigenvalue weighted by molar-refractivity contribution is -0.104. The molecule has 0 spiro atoms. The zero-order chi connectivity index (χ0) is 25.7. The molecule has 2 aromatic rings. The van der Waals surface area contributed by atoms with Crippen molar-refractivity contribution in [3.8, 4) is 22.6 Å². The lowest BCUT2D eigenvalue weighted by atomic mass is 10.0. The Morgan fingerprint density at radius 2 is 1.97 bits per heavy atom. The molecule has 0 bridgehead atoms. The summed E-state index contributed by atoms with van der Waals surface area (Å²) in [6.07, 6.45) is 5.13. The molecule has 0 aliphatic carbocycles. The summed E-state index contributed by atoms with van der Waals surface area (Å²) in [4.78, 5) is 14.2. The number of rotatable bonds is 7. The maximum Gasteiger partial charge on any atom is 0.410 e. The van der Waals surface area contributed by atoms with Crippen LogP contribution in [0.3, 0.4) is 0 Å². The van der Waals surface area contributed by atoms with E-state index in [2.05, 4.69) is 5.32 Å². The molecule has 4 N–H and O–H groups in total. The number of phenols is 1. The van der Waals surface area contributed by atoms with Crippen LogP contribution in [-0.4, -0.2) is 60.4 Å². The van der Waals surface area contributed by atoms with E-state index in [9.17, 15) is 9.90 Å². The maximum absolute atomic E-state index is 12.4. The predicted molar refractivity (Wildman–Crippen MR) is 139 cm³/mol. The standard InChI is InChI=1S/C28H37N3O5/c1-28(2,3)36-27(33)31-12-11-19(17-31)18-35-25-15-21(20-7-9-22(32)10-8-20)14-24(23(25)16-29)30-26-6-4-5-13-34-26/h7-10,14-16,19,26,29-30,32H,4-6,11-13,17-18H2,1-3H3/p+1/t19-,26?/m0/s1. The Kier molecular flexibility index (Phi) is 8.04. The number of nitrogens with one attached hydrogen (secondary N) is 1. The van der Waals surface area contributed by atoms with Gasteiger partial charge in [0.15, 0.2) is 6.21 Å². The Labute approximate surface area is 213 Å². The van der Waals surface area contributed by atoms with Crippen molar-refractivity contribution < 1.29 is 29.5 Å². The fourth-order valence-corrected chi connectivity index (χ4v) is 4.55. The number of ether oxygens (including phenoxy) is 3. The quantitative estimate of drug-likeness (QED) is 0.504. The summed E-state index contributed by atoms with van der Waals surface area (Å²) in [5.74, 6) is 1.07. The van der Waals surface area contributed by atoms with Gasteiger partial charge in [0, 0.05) is 25.6 Å². The van der Waals surface area contributed by atoms with Crippen molar-refractivity contribution in [3.05, 3.63) is 42.0 Å². The summed E-state index contributed by atoms with van der Waals surface area (Å²) < 4.78 is 17.8. The van der Waals surface area contributed by atoms with E-state index in [-0.39, 0.29) is 24.0 Å². The molecule has 8 nitrogen and oxygen atoms in total. The fraction of sp³-hybridized carbons (Fsp3) is 0.500. The monoisotopic (exact) mass is 496 g/mol. The second kappa shape index (κ2) is 11.2. The van der Waals surface area contributed by atoms with Crippen LogP contribution in [0.4, 0.5) is 10.5 Å². The lowest BCUT2D eigenvalue weighted by Crippen LogP contribution is -2.35. The van der Waals surface area contributed by atoms with E-state index in [1.54, 1.807) is 23.2 Å². The van der Waals surface area contributed by atoms with Crippen LogP contribution in [0.5, 0.6) is 11.5 Å². The molecule has 8 heteroatoms. The molecule has 2 aliphatic rings. The summed E-state index contributed by atoms with van der Waals surface area (Å²) in [6.45, 7) is 8.05. The van der Waals surface area contributed by atoms with Crippen molar-refractivity contribution in [2.24, 2.45) is 5.92 Å². The average Bonchev–Trinajstić information content (AvgIpc) is 3.32. The minimum Gasteiger partial charge on any atom is -0.508 e. The second-order valence-corrected chi connectivity index (χ2v) is 10.5. The number of carbonyl (C=O) groups excluding carboxylic acids is 1. The number of hydrogen-bond donors (Lipinski definition) is 3. The highest BCUT2D eigenvalue weighted by Crippen LogP contribution is 2.35. The number of aromatic hydroxyl groups is 1. The van der Waals surface area contributed by atoms with Gasteiger partial charge >= 0.3 is 6.09 Å². The van der Waals surface area contributed by atoms with E-state index in [4.69, 9.17) is 19.6 Å². The van der Waals surface area contributed by atoms with Crippen LogP contribution in [0.15, 0.2) is 36.4 Å². The predicted octanol–water partition coefficient (Wildman–Crippen LogP) is 3.81. The van der Waals surface area contributed by atoms with Gasteiger partial charge in [-0.25, -0.2) is 4.79 Å². The van der Waals surface area contributed by atoms with Crippen LogP contribution in [0.1, 0.15) is 52.0 Å². The van der Waals surface area contributed by atoms with Crippen molar-refractivity contribution in [3.63, 3.8) is 0 Å². The largest absolute Gasteiger partial charge is 0.508 e. The summed E-state index contributed by atoms with van der Waals surface area (Å²) in [5, 5.41) is 19.3.